The van der Waals surface area contributed by atoms with Crippen molar-refractivity contribution in [3.05, 3.63) is 89.0 Å². The van der Waals surface area contributed by atoms with Gasteiger partial charge in [-0.15, -0.1) is 0 Å². The molecule has 0 spiro atoms. The predicted octanol–water partition coefficient (Wildman–Crippen LogP) is 6.03. The van der Waals surface area contributed by atoms with E-state index < -0.39 is 6.04 Å². The lowest BCUT2D eigenvalue weighted by molar-refractivity contribution is -0.116. The minimum atomic E-state index is -0.590. The van der Waals surface area contributed by atoms with Crippen molar-refractivity contribution >= 4 is 40.8 Å². The van der Waals surface area contributed by atoms with Crippen LogP contribution in [0.25, 0.3) is 0 Å². The molecule has 4 N–H and O–H groups in total. The molecular weight excluding hydrogens is 450 g/mol. The van der Waals surface area contributed by atoms with E-state index in [-0.39, 0.29) is 11.9 Å². The molecule has 3 aromatic carbocycles. The second-order valence-electron chi connectivity index (χ2n) is 8.96. The van der Waals surface area contributed by atoms with Gasteiger partial charge >= 0.3 is 0 Å². The molecule has 0 aliphatic heterocycles. The Morgan fingerprint density at radius 2 is 1.14 bits per heavy atom. The van der Waals surface area contributed by atoms with Gasteiger partial charge in [0.25, 0.3) is 0 Å². The lowest BCUT2D eigenvalue weighted by atomic mass is 10.1. The zero-order valence-electron chi connectivity index (χ0n) is 21.2. The molecule has 36 heavy (non-hydrogen) atoms. The molecule has 8 heteroatoms. The molecule has 1 amide bonds. The summed E-state index contributed by atoms with van der Waals surface area (Å²) in [5.41, 5.74) is 6.93. The second kappa shape index (κ2) is 10.9. The summed E-state index contributed by atoms with van der Waals surface area (Å²) in [6.45, 7) is 9.82. The molecule has 1 unspecified atom stereocenters. The van der Waals surface area contributed by atoms with Crippen LogP contribution in [0, 0.1) is 27.7 Å². The first-order chi connectivity index (χ1) is 17.2. The standard InChI is InChI=1S/C28H31N7O/c1-17-6-11-22(12-7-17)30-27-33-26(34-28(35-27)31-23-13-8-18(2)9-14-23)29-21(5)25(36)32-24-15-10-19(3)16-20(24)4/h6-16,21H,1-5H3,(H,32,36)(H3,29,30,31,33,34,35). The zero-order valence-corrected chi connectivity index (χ0v) is 21.2. The Bertz CT molecular complexity index is 1290. The first kappa shape index (κ1) is 24.7. The number of benzene rings is 3. The largest absolute Gasteiger partial charge is 0.342 e. The Morgan fingerprint density at radius 3 is 1.64 bits per heavy atom. The molecule has 0 saturated heterocycles. The Hall–Kier alpha value is -4.46. The highest BCUT2D eigenvalue weighted by Gasteiger charge is 2.17. The van der Waals surface area contributed by atoms with E-state index in [9.17, 15) is 4.79 Å². The molecule has 1 aromatic heterocycles. The predicted molar refractivity (Wildman–Crippen MR) is 146 cm³/mol. The van der Waals surface area contributed by atoms with Gasteiger partial charge in [0, 0.05) is 17.1 Å². The number of nitrogens with one attached hydrogen (secondary N) is 4. The van der Waals surface area contributed by atoms with Crippen LogP contribution >= 0.6 is 0 Å². The fraction of sp³-hybridized carbons (Fsp3) is 0.214. The molecular formula is C28H31N7O. The van der Waals surface area contributed by atoms with Crippen molar-refractivity contribution in [2.75, 3.05) is 21.3 Å². The average Bonchev–Trinajstić information content (AvgIpc) is 2.83. The monoisotopic (exact) mass is 481 g/mol. The van der Waals surface area contributed by atoms with Crippen LogP contribution in [-0.2, 0) is 4.79 Å². The van der Waals surface area contributed by atoms with Crippen LogP contribution in [0.4, 0.5) is 34.9 Å². The van der Waals surface area contributed by atoms with Crippen LogP contribution in [0.5, 0.6) is 0 Å². The fourth-order valence-corrected chi connectivity index (χ4v) is 3.54. The van der Waals surface area contributed by atoms with Gasteiger partial charge in [-0.25, -0.2) is 0 Å². The highest BCUT2D eigenvalue weighted by Crippen LogP contribution is 2.21. The third-order valence-electron chi connectivity index (χ3n) is 5.63. The first-order valence-corrected chi connectivity index (χ1v) is 11.8. The third kappa shape index (κ3) is 6.56. The number of anilines is 6. The highest BCUT2D eigenvalue weighted by molar-refractivity contribution is 5.96. The van der Waals surface area contributed by atoms with Gasteiger partial charge in [-0.2, -0.15) is 15.0 Å². The SMILES string of the molecule is Cc1ccc(Nc2nc(Nc3ccc(C)cc3)nc(NC(C)C(=O)Nc3ccc(C)cc3C)n2)cc1. The minimum Gasteiger partial charge on any atom is -0.342 e. The number of carbonyl (C=O) groups excluding carboxylic acids is 1. The van der Waals surface area contributed by atoms with Gasteiger partial charge in [-0.05, 0) is 70.5 Å². The number of nitrogens with zero attached hydrogens (tertiary/aromatic N) is 3. The van der Waals surface area contributed by atoms with Crippen LogP contribution in [0.1, 0.15) is 29.2 Å². The van der Waals surface area contributed by atoms with E-state index in [4.69, 9.17) is 0 Å². The fourth-order valence-electron chi connectivity index (χ4n) is 3.54. The molecule has 0 saturated carbocycles. The average molecular weight is 482 g/mol. The van der Waals surface area contributed by atoms with Gasteiger partial charge in [-0.3, -0.25) is 4.79 Å². The zero-order chi connectivity index (χ0) is 25.7. The summed E-state index contributed by atoms with van der Waals surface area (Å²) in [6.07, 6.45) is 0. The van der Waals surface area contributed by atoms with Gasteiger partial charge in [0.1, 0.15) is 6.04 Å². The summed E-state index contributed by atoms with van der Waals surface area (Å²) in [5, 5.41) is 12.5. The van der Waals surface area contributed by atoms with E-state index >= 15 is 0 Å². The van der Waals surface area contributed by atoms with Crippen LogP contribution < -0.4 is 21.3 Å². The van der Waals surface area contributed by atoms with E-state index in [1.165, 1.54) is 0 Å². The van der Waals surface area contributed by atoms with Gasteiger partial charge in [0.05, 0.1) is 0 Å². The number of aromatic nitrogens is 3. The molecule has 184 valence electrons. The Morgan fingerprint density at radius 1 is 0.667 bits per heavy atom. The summed E-state index contributed by atoms with van der Waals surface area (Å²) in [5.74, 6) is 0.793. The van der Waals surface area contributed by atoms with Crippen LogP contribution in [0.3, 0.4) is 0 Å². The number of hydrogen-bond acceptors (Lipinski definition) is 7. The maximum Gasteiger partial charge on any atom is 0.246 e. The van der Waals surface area contributed by atoms with E-state index in [0.717, 1.165) is 39.3 Å². The van der Waals surface area contributed by atoms with Gasteiger partial charge in [0.2, 0.25) is 23.8 Å². The van der Waals surface area contributed by atoms with Gasteiger partial charge in [-0.1, -0.05) is 53.1 Å². The van der Waals surface area contributed by atoms with Crippen molar-refractivity contribution in [2.45, 2.75) is 40.7 Å². The van der Waals surface area contributed by atoms with Gasteiger partial charge in [0.15, 0.2) is 0 Å². The van der Waals surface area contributed by atoms with Gasteiger partial charge < -0.3 is 21.3 Å². The summed E-state index contributed by atoms with van der Waals surface area (Å²) >= 11 is 0. The molecule has 0 radical (unpaired) electrons. The van der Waals surface area contributed by atoms with Crippen molar-refractivity contribution in [3.8, 4) is 0 Å². The molecule has 1 atom stereocenters. The molecule has 8 nitrogen and oxygen atoms in total. The molecule has 1 heterocycles. The summed E-state index contributed by atoms with van der Waals surface area (Å²) in [4.78, 5) is 26.4. The number of hydrogen-bond donors (Lipinski definition) is 4. The topological polar surface area (TPSA) is 104 Å². The van der Waals surface area contributed by atoms with E-state index in [1.807, 2.05) is 94.4 Å². The molecule has 0 aliphatic rings. The molecule has 4 rings (SSSR count). The quantitative estimate of drug-likeness (QED) is 0.243. The highest BCUT2D eigenvalue weighted by atomic mass is 16.2. The Kier molecular flexibility index (Phi) is 7.44. The molecule has 0 bridgehead atoms. The number of aryl methyl sites for hydroxylation is 4. The maximum absolute atomic E-state index is 12.9. The van der Waals surface area contributed by atoms with Crippen molar-refractivity contribution < 1.29 is 4.79 Å². The summed E-state index contributed by atoms with van der Waals surface area (Å²) in [6, 6.07) is 21.2. The van der Waals surface area contributed by atoms with Crippen molar-refractivity contribution in [1.29, 1.82) is 0 Å². The number of carbonyl (C=O) groups is 1. The van der Waals surface area contributed by atoms with Crippen molar-refractivity contribution in [2.24, 2.45) is 0 Å². The Balaban J connectivity index is 1.55. The molecule has 0 fully saturated rings. The number of rotatable bonds is 8. The van der Waals surface area contributed by atoms with Crippen molar-refractivity contribution in [1.82, 2.24) is 15.0 Å². The lowest BCUT2D eigenvalue weighted by Crippen LogP contribution is -2.33. The van der Waals surface area contributed by atoms with E-state index in [1.54, 1.807) is 6.92 Å². The second-order valence-corrected chi connectivity index (χ2v) is 8.96. The Labute approximate surface area is 211 Å². The summed E-state index contributed by atoms with van der Waals surface area (Å²) < 4.78 is 0. The number of amides is 1. The van der Waals surface area contributed by atoms with E-state index in [2.05, 4.69) is 36.2 Å². The normalized spacial score (nSPS) is 11.5. The first-order valence-electron chi connectivity index (χ1n) is 11.8. The molecule has 4 aromatic rings. The lowest BCUT2D eigenvalue weighted by Gasteiger charge is -2.17. The van der Waals surface area contributed by atoms with E-state index in [0.29, 0.717) is 11.9 Å². The van der Waals surface area contributed by atoms with Crippen LogP contribution in [0.2, 0.25) is 0 Å². The van der Waals surface area contributed by atoms with Crippen molar-refractivity contribution in [3.63, 3.8) is 0 Å². The smallest absolute Gasteiger partial charge is 0.246 e. The van der Waals surface area contributed by atoms with Crippen LogP contribution in [0.15, 0.2) is 66.7 Å². The third-order valence-corrected chi connectivity index (χ3v) is 5.63. The minimum absolute atomic E-state index is 0.191. The molecule has 0 aliphatic carbocycles. The maximum atomic E-state index is 12.9. The van der Waals surface area contributed by atoms with Crippen LogP contribution in [-0.4, -0.2) is 26.9 Å². The summed E-state index contributed by atoms with van der Waals surface area (Å²) in [7, 11) is 0.